The van der Waals surface area contributed by atoms with Crippen molar-refractivity contribution in [3.63, 3.8) is 0 Å². The molecule has 3 N–H and O–H groups in total. The Morgan fingerprint density at radius 1 is 1.08 bits per heavy atom. The first kappa shape index (κ1) is 28.3. The smallest absolute Gasteiger partial charge is 0.258 e. The molecule has 2 atom stereocenters. The molecule has 0 aliphatic carbocycles. The molecule has 0 bridgehead atoms. The van der Waals surface area contributed by atoms with E-state index in [1.54, 1.807) is 0 Å². The monoisotopic (exact) mass is 510 g/mol. The fourth-order valence-electron chi connectivity index (χ4n) is 4.14. The van der Waals surface area contributed by atoms with Gasteiger partial charge in [-0.3, -0.25) is 9.69 Å². The maximum Gasteiger partial charge on any atom is 0.258 e. The molecule has 37 heavy (non-hydrogen) atoms. The number of nitrogens with zero attached hydrogens (tertiary/aromatic N) is 3. The van der Waals surface area contributed by atoms with Crippen molar-refractivity contribution in [3.8, 4) is 28.6 Å². The van der Waals surface area contributed by atoms with Gasteiger partial charge in [-0.25, -0.2) is 0 Å². The van der Waals surface area contributed by atoms with Gasteiger partial charge in [-0.05, 0) is 86.8 Å². The number of carbonyl (C=O) groups is 1. The Balaban J connectivity index is 1.86. The van der Waals surface area contributed by atoms with Gasteiger partial charge < -0.3 is 24.8 Å². The average Bonchev–Trinajstić information content (AvgIpc) is 3.38. The van der Waals surface area contributed by atoms with Gasteiger partial charge in [0.05, 0.1) is 0 Å². The molecule has 0 saturated heterocycles. The van der Waals surface area contributed by atoms with E-state index in [0.717, 1.165) is 41.9 Å². The van der Waals surface area contributed by atoms with Crippen LogP contribution in [0.2, 0.25) is 0 Å². The van der Waals surface area contributed by atoms with Crippen LogP contribution in [0.1, 0.15) is 49.9 Å². The third kappa shape index (κ3) is 6.94. The van der Waals surface area contributed by atoms with Crippen LogP contribution in [0.4, 0.5) is 0 Å². The molecule has 0 spiro atoms. The topological polar surface area (TPSA) is 121 Å². The minimum Gasteiger partial charge on any atom is -0.467 e. The van der Waals surface area contributed by atoms with Crippen LogP contribution >= 0.6 is 0 Å². The molecule has 0 fully saturated rings. The van der Waals surface area contributed by atoms with Crippen molar-refractivity contribution in [2.75, 3.05) is 19.7 Å². The number of ether oxygens (including phenoxy) is 1. The Bertz CT molecular complexity index is 1200. The van der Waals surface area contributed by atoms with Gasteiger partial charge in [0.15, 0.2) is 6.23 Å². The molecule has 3 aromatic rings. The molecule has 200 valence electrons. The number of benzene rings is 2. The standard InChI is InChI=1S/C28H38N4O5/c1-7-20-14-23(13-18(5)25(20)36-27(19(6)34)29-24(35)16-33)26-30-28(37-31-26)21-10-11-22(17(4)12-21)15-32(8-2)9-3/h10-14,19,27,33-34H,7-9,15-16H2,1-6H3,(H,29,35). The third-order valence-electron chi connectivity index (χ3n) is 6.42. The van der Waals surface area contributed by atoms with Crippen molar-refractivity contribution >= 4 is 5.91 Å². The van der Waals surface area contributed by atoms with Crippen molar-refractivity contribution in [3.05, 3.63) is 52.6 Å². The lowest BCUT2D eigenvalue weighted by Gasteiger charge is -2.25. The molecule has 1 amide bonds. The summed E-state index contributed by atoms with van der Waals surface area (Å²) < 4.78 is 11.6. The third-order valence-corrected chi connectivity index (χ3v) is 6.42. The molecule has 0 aliphatic rings. The van der Waals surface area contributed by atoms with Crippen molar-refractivity contribution in [1.29, 1.82) is 0 Å². The lowest BCUT2D eigenvalue weighted by molar-refractivity contribution is -0.128. The van der Waals surface area contributed by atoms with Crippen LogP contribution in [-0.2, 0) is 17.8 Å². The zero-order valence-electron chi connectivity index (χ0n) is 22.5. The predicted molar refractivity (Wildman–Crippen MR) is 142 cm³/mol. The van der Waals surface area contributed by atoms with Crippen LogP contribution in [0.15, 0.2) is 34.9 Å². The van der Waals surface area contributed by atoms with Gasteiger partial charge in [0, 0.05) is 17.7 Å². The van der Waals surface area contributed by atoms with E-state index in [-0.39, 0.29) is 0 Å². The molecule has 9 heteroatoms. The average molecular weight is 511 g/mol. The van der Waals surface area contributed by atoms with Gasteiger partial charge in [0.1, 0.15) is 18.5 Å². The summed E-state index contributed by atoms with van der Waals surface area (Å²) in [5, 5.41) is 25.8. The molecule has 1 aromatic heterocycles. The maximum absolute atomic E-state index is 11.6. The molecule has 3 rings (SSSR count). The molecule has 0 aliphatic heterocycles. The summed E-state index contributed by atoms with van der Waals surface area (Å²) in [6.07, 6.45) is -1.34. The normalized spacial score (nSPS) is 13.0. The van der Waals surface area contributed by atoms with E-state index in [4.69, 9.17) is 14.4 Å². The maximum atomic E-state index is 11.6. The first-order valence-electron chi connectivity index (χ1n) is 12.7. The van der Waals surface area contributed by atoms with Crippen LogP contribution in [0.3, 0.4) is 0 Å². The molecular formula is C28H38N4O5. The highest BCUT2D eigenvalue weighted by molar-refractivity contribution is 5.77. The number of aromatic nitrogens is 2. The predicted octanol–water partition coefficient (Wildman–Crippen LogP) is 3.62. The second kappa shape index (κ2) is 12.8. The molecule has 2 unspecified atom stereocenters. The molecule has 0 radical (unpaired) electrons. The van der Waals surface area contributed by atoms with Gasteiger partial charge in [-0.15, -0.1) is 0 Å². The Kier molecular flexibility index (Phi) is 9.79. The van der Waals surface area contributed by atoms with Gasteiger partial charge in [-0.1, -0.05) is 32.0 Å². The van der Waals surface area contributed by atoms with E-state index < -0.39 is 24.8 Å². The summed E-state index contributed by atoms with van der Waals surface area (Å²) in [4.78, 5) is 18.7. The van der Waals surface area contributed by atoms with Crippen LogP contribution in [0.25, 0.3) is 22.8 Å². The second-order valence-corrected chi connectivity index (χ2v) is 9.17. The highest BCUT2D eigenvalue weighted by atomic mass is 16.5. The highest BCUT2D eigenvalue weighted by Gasteiger charge is 2.22. The molecule has 9 nitrogen and oxygen atoms in total. The first-order valence-corrected chi connectivity index (χ1v) is 12.7. The SMILES string of the molecule is CCc1cc(-c2noc(-c3ccc(CN(CC)CC)c(C)c3)n2)cc(C)c1OC(NC(=O)CO)C(C)O. The lowest BCUT2D eigenvalue weighted by atomic mass is 10.0. The van der Waals surface area contributed by atoms with Crippen LogP contribution in [0.5, 0.6) is 5.75 Å². The zero-order valence-corrected chi connectivity index (χ0v) is 22.5. The number of aryl methyl sites for hydroxylation is 3. The lowest BCUT2D eigenvalue weighted by Crippen LogP contribution is -2.47. The van der Waals surface area contributed by atoms with Gasteiger partial charge in [0.2, 0.25) is 11.7 Å². The summed E-state index contributed by atoms with van der Waals surface area (Å²) in [6, 6.07) is 10.0. The van der Waals surface area contributed by atoms with Crippen LogP contribution in [0, 0.1) is 13.8 Å². The number of amides is 1. The number of nitrogens with one attached hydrogen (secondary N) is 1. The number of aliphatic hydroxyl groups excluding tert-OH is 2. The van der Waals surface area contributed by atoms with Crippen molar-refractivity contribution in [1.82, 2.24) is 20.4 Å². The molecule has 0 saturated carbocycles. The van der Waals surface area contributed by atoms with Gasteiger partial charge in [0.25, 0.3) is 5.89 Å². The van der Waals surface area contributed by atoms with Crippen molar-refractivity contribution in [2.45, 2.75) is 66.8 Å². The summed E-state index contributed by atoms with van der Waals surface area (Å²) in [5.41, 5.74) is 5.75. The number of aliphatic hydroxyl groups is 2. The largest absolute Gasteiger partial charge is 0.467 e. The molecule has 2 aromatic carbocycles. The summed E-state index contributed by atoms with van der Waals surface area (Å²) >= 11 is 0. The van der Waals surface area contributed by atoms with Gasteiger partial charge in [-0.2, -0.15) is 4.98 Å². The van der Waals surface area contributed by atoms with E-state index in [0.29, 0.717) is 23.9 Å². The summed E-state index contributed by atoms with van der Waals surface area (Å²) in [6.45, 7) is 14.0. The molecule has 1 heterocycles. The minimum absolute atomic E-state index is 0.449. The minimum atomic E-state index is -1.00. The van der Waals surface area contributed by atoms with Crippen LogP contribution < -0.4 is 10.1 Å². The summed E-state index contributed by atoms with van der Waals surface area (Å²) in [5.74, 6) is 0.835. The first-order chi connectivity index (χ1) is 17.7. The Hall–Kier alpha value is -3.27. The summed E-state index contributed by atoms with van der Waals surface area (Å²) in [7, 11) is 0. The van der Waals surface area contributed by atoms with Crippen molar-refractivity contribution < 1.29 is 24.3 Å². The number of hydrogen-bond acceptors (Lipinski definition) is 8. The van der Waals surface area contributed by atoms with Crippen LogP contribution in [-0.4, -0.2) is 63.2 Å². The highest BCUT2D eigenvalue weighted by Crippen LogP contribution is 2.32. The fourth-order valence-corrected chi connectivity index (χ4v) is 4.14. The number of carbonyl (C=O) groups excluding carboxylic acids is 1. The van der Waals surface area contributed by atoms with E-state index in [1.165, 1.54) is 18.1 Å². The Labute approximate surface area is 218 Å². The van der Waals surface area contributed by atoms with E-state index in [1.807, 2.05) is 32.0 Å². The van der Waals surface area contributed by atoms with E-state index in [2.05, 4.69) is 53.3 Å². The van der Waals surface area contributed by atoms with Crippen molar-refractivity contribution in [2.24, 2.45) is 0 Å². The zero-order chi connectivity index (χ0) is 27.1. The molecular weight excluding hydrogens is 472 g/mol. The van der Waals surface area contributed by atoms with E-state index in [9.17, 15) is 9.90 Å². The Morgan fingerprint density at radius 3 is 2.38 bits per heavy atom. The quantitative estimate of drug-likeness (QED) is 0.316. The van der Waals surface area contributed by atoms with Gasteiger partial charge >= 0.3 is 0 Å². The second-order valence-electron chi connectivity index (χ2n) is 9.17. The Morgan fingerprint density at radius 2 is 1.78 bits per heavy atom. The number of rotatable bonds is 12. The van der Waals surface area contributed by atoms with E-state index >= 15 is 0 Å². The fraction of sp³-hybridized carbons (Fsp3) is 0.464. The number of hydrogen-bond donors (Lipinski definition) is 3.